The Balaban J connectivity index is 2.01. The van der Waals surface area contributed by atoms with E-state index in [1.165, 1.54) is 12.1 Å². The van der Waals surface area contributed by atoms with E-state index in [1.54, 1.807) is 24.3 Å². The maximum atomic E-state index is 14.1. The third-order valence-corrected chi connectivity index (χ3v) is 3.72. The minimum atomic E-state index is -1.34. The summed E-state index contributed by atoms with van der Waals surface area (Å²) in [6.45, 7) is 2.36. The molecule has 0 saturated carbocycles. The largest absolute Gasteiger partial charge is 0.494 e. The summed E-state index contributed by atoms with van der Waals surface area (Å²) < 4.78 is 41.6. The van der Waals surface area contributed by atoms with Gasteiger partial charge in [-0.15, -0.1) is 0 Å². The quantitative estimate of drug-likeness (QED) is 0.622. The second-order valence-corrected chi connectivity index (χ2v) is 5.53. The summed E-state index contributed by atoms with van der Waals surface area (Å²) in [7, 11) is 0. The van der Waals surface area contributed by atoms with Crippen LogP contribution in [0.4, 0.5) is 14.5 Å². The van der Waals surface area contributed by atoms with Gasteiger partial charge >= 0.3 is 5.97 Å². The fourth-order valence-electron chi connectivity index (χ4n) is 2.51. The van der Waals surface area contributed by atoms with Gasteiger partial charge in [-0.1, -0.05) is 6.07 Å². The van der Waals surface area contributed by atoms with Crippen LogP contribution >= 0.6 is 0 Å². The highest BCUT2D eigenvalue weighted by Gasteiger charge is 2.22. The number of ether oxygens (including phenoxy) is 1. The minimum Gasteiger partial charge on any atom is -0.494 e. The molecule has 0 saturated heterocycles. The molecule has 3 rings (SSSR count). The molecule has 0 fully saturated rings. The lowest BCUT2D eigenvalue weighted by Gasteiger charge is -2.23. The molecule has 0 radical (unpaired) electrons. The van der Waals surface area contributed by atoms with E-state index in [1.807, 2.05) is 6.92 Å². The van der Waals surface area contributed by atoms with Crippen LogP contribution in [0.1, 0.15) is 12.5 Å². The summed E-state index contributed by atoms with van der Waals surface area (Å²) in [6.07, 6.45) is 1.20. The van der Waals surface area contributed by atoms with E-state index < -0.39 is 23.2 Å². The lowest BCUT2D eigenvalue weighted by molar-refractivity contribution is -0.133. The summed E-state index contributed by atoms with van der Waals surface area (Å²) in [4.78, 5) is 11.5. The van der Waals surface area contributed by atoms with Gasteiger partial charge in [0, 0.05) is 5.69 Å². The van der Waals surface area contributed by atoms with Gasteiger partial charge in [-0.3, -0.25) is 10.8 Å². The maximum absolute atomic E-state index is 14.1. The molecular formula is C19H17F2N3O3. The average Bonchev–Trinajstić information content (AvgIpc) is 2.65. The van der Waals surface area contributed by atoms with Crippen LogP contribution in [0, 0.1) is 11.6 Å². The minimum absolute atomic E-state index is 0.0396. The smallest absolute Gasteiger partial charge is 0.355 e. The molecule has 0 unspecified atom stereocenters. The number of carboxylic acids is 1. The number of hydrogen-bond donors (Lipinski definition) is 4. The third-order valence-electron chi connectivity index (χ3n) is 3.72. The molecule has 6 nitrogen and oxygen atoms in total. The molecule has 0 spiro atoms. The summed E-state index contributed by atoms with van der Waals surface area (Å²) in [5.74, 6) is -2.44. The van der Waals surface area contributed by atoms with E-state index in [2.05, 4.69) is 10.7 Å². The Hall–Kier alpha value is -3.55. The first-order valence-electron chi connectivity index (χ1n) is 8.54. The summed E-state index contributed by atoms with van der Waals surface area (Å²) >= 11 is 0. The summed E-state index contributed by atoms with van der Waals surface area (Å²) in [5, 5.41) is 12.3. The Morgan fingerprint density at radius 1 is 1.22 bits per heavy atom. The fraction of sp³-hybridized carbons (Fsp3) is 0.105. The van der Waals surface area contributed by atoms with E-state index in [4.69, 9.17) is 6.15 Å². The number of hydrazine groups is 1. The maximum Gasteiger partial charge on any atom is 0.355 e. The van der Waals surface area contributed by atoms with Gasteiger partial charge in [-0.2, -0.15) is 0 Å². The van der Waals surface area contributed by atoms with Crippen molar-refractivity contribution in [2.75, 3.05) is 11.9 Å². The van der Waals surface area contributed by atoms with E-state index in [9.17, 15) is 18.7 Å². The highest BCUT2D eigenvalue weighted by Crippen LogP contribution is 2.25. The van der Waals surface area contributed by atoms with E-state index >= 15 is 0 Å². The second-order valence-electron chi connectivity index (χ2n) is 5.53. The van der Waals surface area contributed by atoms with Crippen LogP contribution in [-0.2, 0) is 4.79 Å². The Morgan fingerprint density at radius 3 is 2.48 bits per heavy atom. The number of anilines is 1. The lowest BCUT2D eigenvalue weighted by Crippen LogP contribution is -2.38. The number of aliphatic carboxylic acids is 1. The lowest BCUT2D eigenvalue weighted by atomic mass is 10.1. The molecule has 8 heteroatoms. The number of halogens is 2. The molecule has 27 heavy (non-hydrogen) atoms. The molecule has 1 aliphatic rings. The number of hydrogen-bond acceptors (Lipinski definition) is 5. The molecule has 0 bridgehead atoms. The van der Waals surface area contributed by atoms with Crippen molar-refractivity contribution in [1.29, 1.82) is 0 Å². The Morgan fingerprint density at radius 2 is 1.89 bits per heavy atom. The monoisotopic (exact) mass is 374 g/mol. The third kappa shape index (κ3) is 4.00. The number of rotatable bonds is 6. The van der Waals surface area contributed by atoms with Gasteiger partial charge in [0.15, 0.2) is 7.11 Å². The van der Waals surface area contributed by atoms with Crippen LogP contribution < -0.4 is 20.9 Å². The zero-order valence-electron chi connectivity index (χ0n) is 15.3. The van der Waals surface area contributed by atoms with Gasteiger partial charge in [-0.25, -0.2) is 13.6 Å². The van der Waals surface area contributed by atoms with Crippen molar-refractivity contribution in [1.82, 2.24) is 10.8 Å². The molecule has 2 aromatic rings. The van der Waals surface area contributed by atoms with Gasteiger partial charge < -0.3 is 15.2 Å². The molecule has 4 N–H and O–H groups in total. The van der Waals surface area contributed by atoms with Crippen molar-refractivity contribution >= 4 is 17.4 Å². The van der Waals surface area contributed by atoms with Gasteiger partial charge in [0.05, 0.1) is 23.6 Å². The standard InChI is InChI=1S/C19H17F2N3O3/c1-2-27-12-8-6-11(7-9-12)22-16-10-15(23-24-18(16)19(25)26)17-13(20)4-3-5-14(17)21/h3-10,22-24H,2H2,1H3,(H,25,26)/i/hD. The number of carboxylic acid groups (broad SMARTS) is 1. The highest BCUT2D eigenvalue weighted by molar-refractivity contribution is 5.90. The van der Waals surface area contributed by atoms with Gasteiger partial charge in [0.25, 0.3) is 0 Å². The molecule has 0 aliphatic carbocycles. The zero-order valence-corrected chi connectivity index (χ0v) is 14.3. The van der Waals surface area contributed by atoms with Crippen molar-refractivity contribution in [3.63, 3.8) is 0 Å². The molecule has 0 amide bonds. The Kier molecular flexibility index (Phi) is 4.86. The van der Waals surface area contributed by atoms with Crippen LogP contribution in [0.25, 0.3) is 5.70 Å². The van der Waals surface area contributed by atoms with Crippen LogP contribution in [0.3, 0.4) is 0 Å². The number of nitrogens with one attached hydrogen (secondary N) is 3. The number of allylic oxidation sites excluding steroid dienone is 1. The molecule has 140 valence electrons. The van der Waals surface area contributed by atoms with Crippen molar-refractivity contribution in [3.05, 3.63) is 77.1 Å². The molecule has 0 atom stereocenters. The molecular weight excluding hydrogens is 356 g/mol. The van der Waals surface area contributed by atoms with Crippen LogP contribution in [0.5, 0.6) is 5.75 Å². The van der Waals surface area contributed by atoms with E-state index in [0.717, 1.165) is 12.1 Å². The van der Waals surface area contributed by atoms with Gasteiger partial charge in [0.2, 0.25) is 0 Å². The highest BCUT2D eigenvalue weighted by atomic mass is 19.1. The molecule has 1 aliphatic heterocycles. The zero-order chi connectivity index (χ0) is 20.3. The molecule has 0 aromatic heterocycles. The normalized spacial score (nSPS) is 14.3. The van der Waals surface area contributed by atoms with E-state index in [0.29, 0.717) is 23.5 Å². The average molecular weight is 374 g/mol. The van der Waals surface area contributed by atoms with Crippen molar-refractivity contribution < 1.29 is 24.8 Å². The topological polar surface area (TPSA) is 82.6 Å². The van der Waals surface area contributed by atoms with Gasteiger partial charge in [-0.05, 0) is 49.4 Å². The second kappa shape index (κ2) is 7.77. The van der Waals surface area contributed by atoms with Crippen LogP contribution in [0.15, 0.2) is 59.9 Å². The Bertz CT molecular complexity index is 941. The summed E-state index contributed by atoms with van der Waals surface area (Å²) in [5.41, 5.74) is 2.42. The number of benzene rings is 2. The van der Waals surface area contributed by atoms with Crippen molar-refractivity contribution in [3.8, 4) is 5.75 Å². The molecule has 1 heterocycles. The predicted molar refractivity (Wildman–Crippen MR) is 96.5 cm³/mol. The van der Waals surface area contributed by atoms with Crippen molar-refractivity contribution in [2.45, 2.75) is 6.92 Å². The molecule has 2 aromatic carbocycles. The van der Waals surface area contributed by atoms with Gasteiger partial charge in [0.1, 0.15) is 17.4 Å². The van der Waals surface area contributed by atoms with Crippen LogP contribution in [0.2, 0.25) is 1.41 Å². The first kappa shape index (κ1) is 16.9. The predicted octanol–water partition coefficient (Wildman–Crippen LogP) is 3.22. The summed E-state index contributed by atoms with van der Waals surface area (Å²) in [6, 6.07) is 10.1. The Labute approximate surface area is 155 Å². The van der Waals surface area contributed by atoms with Crippen molar-refractivity contribution in [2.24, 2.45) is 0 Å². The first-order chi connectivity index (χ1) is 13.4. The van der Waals surface area contributed by atoms with Crippen LogP contribution in [-0.4, -0.2) is 17.7 Å². The SMILES string of the molecule is [2H]N1NC(C(=O)O)=C(Nc2ccc(OCC)cc2)C=C1c1c(F)cccc1F. The van der Waals surface area contributed by atoms with E-state index in [-0.39, 0.29) is 17.1 Å². The number of carbonyl (C=O) groups is 1. The fourth-order valence-corrected chi connectivity index (χ4v) is 2.51. The first-order valence-corrected chi connectivity index (χ1v) is 8.10.